The fourth-order valence-electron chi connectivity index (χ4n) is 4.84. The summed E-state index contributed by atoms with van der Waals surface area (Å²) in [4.78, 5) is 27.7. The molecular formula is C32H41ClN4O6. The van der Waals surface area contributed by atoms with Gasteiger partial charge in [-0.15, -0.1) is 0 Å². The molecule has 1 atom stereocenters. The average Bonchev–Trinajstić information content (AvgIpc) is 3.15. The molecular weight excluding hydrogens is 572 g/mol. The van der Waals surface area contributed by atoms with Crippen molar-refractivity contribution in [2.75, 3.05) is 45.3 Å². The van der Waals surface area contributed by atoms with Gasteiger partial charge in [-0.2, -0.15) is 0 Å². The molecule has 232 valence electrons. The zero-order chi connectivity index (χ0) is 30.8. The second-order valence-corrected chi connectivity index (χ2v) is 11.6. The molecule has 5 rings (SSSR count). The van der Waals surface area contributed by atoms with Crippen LogP contribution < -0.4 is 30.2 Å². The molecule has 0 aromatic heterocycles. The van der Waals surface area contributed by atoms with Gasteiger partial charge in [0.05, 0.1) is 43.3 Å². The Morgan fingerprint density at radius 3 is 2.53 bits per heavy atom. The van der Waals surface area contributed by atoms with E-state index in [1.807, 2.05) is 26.0 Å². The number of rotatable bonds is 9. The van der Waals surface area contributed by atoms with E-state index in [4.69, 9.17) is 30.5 Å². The van der Waals surface area contributed by atoms with Crippen molar-refractivity contribution in [3.63, 3.8) is 0 Å². The first-order valence-corrected chi connectivity index (χ1v) is 14.9. The minimum absolute atomic E-state index is 0.00253. The number of anilines is 1. The summed E-state index contributed by atoms with van der Waals surface area (Å²) < 4.78 is 22.6. The van der Waals surface area contributed by atoms with Crippen molar-refractivity contribution in [3.05, 3.63) is 53.1 Å². The standard InChI is InChI=1S/C25H28ClN3O5.C7H13NO/c1-15(2)28-25(31)29-20-8-7-17(12-19(20)26)34-22-6-5-10-27-21-14-24(33-11-9-16(3)30)23(32-4)13-18(21)22;1-3-8-4-2-7(1)5-9-6-7/h5-8,10,12-15,22H,9,11H2,1-4H3,(H2,28,29,31);8H,1-6H2. The van der Waals surface area contributed by atoms with Crippen LogP contribution in [0.2, 0.25) is 5.02 Å². The Bertz CT molecular complexity index is 1330. The first-order valence-electron chi connectivity index (χ1n) is 14.6. The molecule has 3 aliphatic rings. The van der Waals surface area contributed by atoms with Gasteiger partial charge < -0.3 is 34.9 Å². The smallest absolute Gasteiger partial charge is 0.319 e. The van der Waals surface area contributed by atoms with Crippen LogP contribution in [0, 0.1) is 5.41 Å². The third-order valence-corrected chi connectivity index (χ3v) is 7.58. The topological polar surface area (TPSA) is 120 Å². The van der Waals surface area contributed by atoms with Crippen LogP contribution in [0.5, 0.6) is 17.2 Å². The van der Waals surface area contributed by atoms with E-state index in [1.54, 1.807) is 43.7 Å². The Morgan fingerprint density at radius 2 is 1.93 bits per heavy atom. The summed E-state index contributed by atoms with van der Waals surface area (Å²) in [5.41, 5.74) is 2.52. The molecule has 3 aliphatic heterocycles. The van der Waals surface area contributed by atoms with Crippen LogP contribution in [0.25, 0.3) is 0 Å². The highest BCUT2D eigenvalue weighted by Crippen LogP contribution is 2.41. The number of ketones is 1. The van der Waals surface area contributed by atoms with Crippen molar-refractivity contribution in [1.29, 1.82) is 0 Å². The molecule has 0 radical (unpaired) electrons. The van der Waals surface area contributed by atoms with Crippen LogP contribution in [-0.2, 0) is 9.53 Å². The Kier molecular flexibility index (Phi) is 11.4. The number of carbonyl (C=O) groups excluding carboxylic acids is 2. The lowest BCUT2D eigenvalue weighted by Gasteiger charge is -2.44. The van der Waals surface area contributed by atoms with E-state index in [9.17, 15) is 9.59 Å². The highest BCUT2D eigenvalue weighted by atomic mass is 35.5. The maximum absolute atomic E-state index is 12.0. The van der Waals surface area contributed by atoms with Crippen LogP contribution in [0.15, 0.2) is 47.5 Å². The van der Waals surface area contributed by atoms with Gasteiger partial charge in [0, 0.05) is 41.8 Å². The fourth-order valence-corrected chi connectivity index (χ4v) is 5.05. The summed E-state index contributed by atoms with van der Waals surface area (Å²) in [5, 5.41) is 9.17. The van der Waals surface area contributed by atoms with E-state index in [1.165, 1.54) is 32.9 Å². The first-order chi connectivity index (χ1) is 20.7. The molecule has 0 bridgehead atoms. The Labute approximate surface area is 258 Å². The molecule has 2 amide bonds. The number of fused-ring (bicyclic) bond motifs is 1. The zero-order valence-corrected chi connectivity index (χ0v) is 26.0. The summed E-state index contributed by atoms with van der Waals surface area (Å²) in [6.07, 6.45) is 7.81. The van der Waals surface area contributed by atoms with E-state index in [-0.39, 0.29) is 24.5 Å². The SMILES string of the molecule is C1CC2(CCN1)COC2.COc1cc2c(cc1OCCC(C)=O)N=CC=CC2Oc1ccc(NC(=O)NC(C)C)c(Cl)c1. The lowest BCUT2D eigenvalue weighted by atomic mass is 9.77. The molecule has 1 unspecified atom stereocenters. The quantitative estimate of drug-likeness (QED) is 0.317. The Balaban J connectivity index is 0.000000395. The third-order valence-electron chi connectivity index (χ3n) is 7.27. The van der Waals surface area contributed by atoms with Crippen LogP contribution in [0.1, 0.15) is 51.7 Å². The molecule has 11 heteroatoms. The number of aliphatic imine (C=N–C) groups is 1. The maximum Gasteiger partial charge on any atom is 0.319 e. The Hall–Kier alpha value is -3.60. The molecule has 10 nitrogen and oxygen atoms in total. The average molecular weight is 613 g/mol. The van der Waals surface area contributed by atoms with E-state index in [0.29, 0.717) is 45.5 Å². The second kappa shape index (κ2) is 15.2. The van der Waals surface area contributed by atoms with Gasteiger partial charge in [0.25, 0.3) is 0 Å². The number of piperidine rings is 1. The normalized spacial score (nSPS) is 18.0. The number of carbonyl (C=O) groups is 2. The van der Waals surface area contributed by atoms with Gasteiger partial charge in [-0.25, -0.2) is 4.79 Å². The largest absolute Gasteiger partial charge is 0.493 e. The predicted octanol–water partition coefficient (Wildman–Crippen LogP) is 6.02. The number of halogens is 1. The monoisotopic (exact) mass is 612 g/mol. The van der Waals surface area contributed by atoms with Crippen molar-refractivity contribution in [2.45, 2.75) is 52.2 Å². The van der Waals surface area contributed by atoms with Gasteiger partial charge in [0.1, 0.15) is 17.6 Å². The van der Waals surface area contributed by atoms with Crippen LogP contribution in [0.4, 0.5) is 16.2 Å². The van der Waals surface area contributed by atoms with Gasteiger partial charge in [-0.05, 0) is 77.1 Å². The molecule has 2 aromatic carbocycles. The summed E-state index contributed by atoms with van der Waals surface area (Å²) >= 11 is 6.37. The van der Waals surface area contributed by atoms with Crippen LogP contribution >= 0.6 is 11.6 Å². The number of nitrogens with one attached hydrogen (secondary N) is 3. The van der Waals surface area contributed by atoms with Crippen molar-refractivity contribution in [3.8, 4) is 17.2 Å². The highest BCUT2D eigenvalue weighted by molar-refractivity contribution is 6.33. The van der Waals surface area contributed by atoms with Crippen molar-refractivity contribution in [1.82, 2.24) is 10.6 Å². The minimum atomic E-state index is -0.475. The molecule has 43 heavy (non-hydrogen) atoms. The number of nitrogens with zero attached hydrogens (tertiary/aromatic N) is 1. The van der Waals surface area contributed by atoms with Gasteiger partial charge >= 0.3 is 6.03 Å². The lowest BCUT2D eigenvalue weighted by molar-refractivity contribution is -0.127. The van der Waals surface area contributed by atoms with Crippen molar-refractivity contribution >= 4 is 41.0 Å². The molecule has 2 aromatic rings. The number of allylic oxidation sites excluding steroid dienone is 1. The number of urea groups is 1. The lowest BCUT2D eigenvalue weighted by Crippen LogP contribution is -2.49. The number of amides is 2. The summed E-state index contributed by atoms with van der Waals surface area (Å²) in [7, 11) is 1.55. The summed E-state index contributed by atoms with van der Waals surface area (Å²) in [6, 6.07) is 8.29. The maximum atomic E-state index is 12.0. The van der Waals surface area contributed by atoms with Crippen molar-refractivity contribution in [2.24, 2.45) is 10.4 Å². The molecule has 2 fully saturated rings. The van der Waals surface area contributed by atoms with Gasteiger partial charge in [0.15, 0.2) is 11.5 Å². The Morgan fingerprint density at radius 1 is 1.16 bits per heavy atom. The third kappa shape index (κ3) is 9.19. The van der Waals surface area contributed by atoms with Crippen LogP contribution in [-0.4, -0.2) is 64.1 Å². The molecule has 3 N–H and O–H groups in total. The summed E-state index contributed by atoms with van der Waals surface area (Å²) in [5.74, 6) is 1.57. The molecule has 0 saturated carbocycles. The van der Waals surface area contributed by atoms with E-state index in [0.717, 1.165) is 18.8 Å². The van der Waals surface area contributed by atoms with Gasteiger partial charge in [0.2, 0.25) is 0 Å². The molecule has 2 saturated heterocycles. The number of hydrogen-bond acceptors (Lipinski definition) is 8. The first kappa shape index (κ1) is 32.3. The minimum Gasteiger partial charge on any atom is -0.493 e. The number of Topliss-reactive ketones (excluding diaryl/α,β-unsaturated/α-hetero) is 1. The molecule has 3 heterocycles. The second-order valence-electron chi connectivity index (χ2n) is 11.2. The number of hydrogen-bond donors (Lipinski definition) is 3. The van der Waals surface area contributed by atoms with E-state index < -0.39 is 6.10 Å². The molecule has 0 aliphatic carbocycles. The van der Waals surface area contributed by atoms with Crippen LogP contribution in [0.3, 0.4) is 0 Å². The number of methoxy groups -OCH3 is 1. The number of ether oxygens (including phenoxy) is 4. The van der Waals surface area contributed by atoms with Crippen molar-refractivity contribution < 1.29 is 28.5 Å². The predicted molar refractivity (Wildman–Crippen MR) is 169 cm³/mol. The van der Waals surface area contributed by atoms with E-state index in [2.05, 4.69) is 20.9 Å². The number of benzene rings is 2. The highest BCUT2D eigenvalue weighted by Gasteiger charge is 2.39. The fraction of sp³-hybridized carbons (Fsp3) is 0.469. The molecule has 1 spiro atoms. The van der Waals surface area contributed by atoms with Gasteiger partial charge in [-0.1, -0.05) is 11.6 Å². The zero-order valence-electron chi connectivity index (χ0n) is 25.2. The summed E-state index contributed by atoms with van der Waals surface area (Å²) in [6.45, 7) is 9.95. The van der Waals surface area contributed by atoms with Gasteiger partial charge in [-0.3, -0.25) is 9.79 Å². The van der Waals surface area contributed by atoms with E-state index >= 15 is 0 Å².